The Balaban J connectivity index is 0.000000127. The minimum Gasteiger partial charge on any atom is -0.396 e. The van der Waals surface area contributed by atoms with Crippen LogP contribution in [-0.4, -0.2) is 60.3 Å². The van der Waals surface area contributed by atoms with Gasteiger partial charge in [0.2, 0.25) is 11.0 Å². The minimum absolute atomic E-state index is 0.0417. The lowest BCUT2D eigenvalue weighted by Gasteiger charge is -2.21. The van der Waals surface area contributed by atoms with Gasteiger partial charge >= 0.3 is 11.4 Å². The Morgan fingerprint density at radius 3 is 2.05 bits per heavy atom. The van der Waals surface area contributed by atoms with Crippen molar-refractivity contribution in [3.05, 3.63) is 44.5 Å². The van der Waals surface area contributed by atoms with Crippen LogP contribution in [0.5, 0.6) is 0 Å². The Kier molecular flexibility index (Phi) is 5.61. The van der Waals surface area contributed by atoms with Crippen molar-refractivity contribution in [2.45, 2.75) is 56.7 Å². The molecule has 15 heteroatoms. The summed E-state index contributed by atoms with van der Waals surface area (Å²) in [5.74, 6) is 2.90. The molecule has 15 nitrogen and oxygen atoms in total. The van der Waals surface area contributed by atoms with Crippen molar-refractivity contribution in [1.82, 2.24) is 20.6 Å². The van der Waals surface area contributed by atoms with Crippen LogP contribution in [0.2, 0.25) is 0 Å². The van der Waals surface area contributed by atoms with Crippen molar-refractivity contribution in [3.8, 4) is 0 Å². The van der Waals surface area contributed by atoms with Crippen LogP contribution in [0, 0.1) is 49.8 Å². The maximum Gasteiger partial charge on any atom is 0.300 e. The van der Waals surface area contributed by atoms with Crippen LogP contribution in [0.25, 0.3) is 22.1 Å². The number of aliphatic hydroxyl groups is 1. The van der Waals surface area contributed by atoms with E-state index in [1.807, 2.05) is 0 Å². The third kappa shape index (κ3) is 3.68. The number of nitrogens with zero attached hydrogens (tertiary/aromatic N) is 7. The molecule has 5 aliphatic rings. The van der Waals surface area contributed by atoms with Gasteiger partial charge in [-0.2, -0.15) is 0 Å². The SMILES string of the molecule is O=[N+]([O-])c1ccc(N2C3C4CCC(C4)C32)c2nonc12.O=[N+]([O-])c1ccc(NC2C3CCC2C(CO)C3)c2nonc12. The summed E-state index contributed by atoms with van der Waals surface area (Å²) in [4.78, 5) is 23.4. The Labute approximate surface area is 237 Å². The molecule has 8 unspecified atom stereocenters. The average molecular weight is 577 g/mol. The lowest BCUT2D eigenvalue weighted by Crippen LogP contribution is -2.26. The van der Waals surface area contributed by atoms with Crippen LogP contribution in [0.3, 0.4) is 0 Å². The van der Waals surface area contributed by atoms with Gasteiger partial charge in [0, 0.05) is 24.8 Å². The van der Waals surface area contributed by atoms with Gasteiger partial charge in [-0.3, -0.25) is 20.2 Å². The number of piperidine rings is 1. The second-order valence-corrected chi connectivity index (χ2v) is 12.2. The maximum absolute atomic E-state index is 11.0. The highest BCUT2D eigenvalue weighted by Crippen LogP contribution is 2.60. The zero-order chi connectivity index (χ0) is 28.7. The van der Waals surface area contributed by atoms with E-state index in [9.17, 15) is 25.3 Å². The van der Waals surface area contributed by atoms with E-state index in [0.29, 0.717) is 46.6 Å². The molecule has 1 aliphatic heterocycles. The fraction of sp³-hybridized carbons (Fsp3) is 0.556. The van der Waals surface area contributed by atoms with Gasteiger partial charge in [0.05, 0.1) is 33.3 Å². The standard InChI is InChI=1S/C14H16N4O4.C13H12N4O3/c19-6-8-5-7-1-2-9(8)12(7)15-10-3-4-11(18(20)21)14-13(10)16-22-17-14;18-17(19)9-4-3-8(10-11(9)15-20-14-10)16-12-6-1-2-7(5-6)13(12)16/h3-4,7-9,12,15,19H,1-2,5-6H2;3-4,6-7,12-13H,1-2,5H2. The van der Waals surface area contributed by atoms with Crippen molar-refractivity contribution in [3.63, 3.8) is 0 Å². The van der Waals surface area contributed by atoms with Crippen LogP contribution >= 0.6 is 0 Å². The molecule has 5 fully saturated rings. The molecule has 42 heavy (non-hydrogen) atoms. The summed E-state index contributed by atoms with van der Waals surface area (Å²) in [6, 6.07) is 7.88. The van der Waals surface area contributed by atoms with E-state index in [-0.39, 0.29) is 35.1 Å². The van der Waals surface area contributed by atoms with Gasteiger partial charge < -0.3 is 15.3 Å². The number of nitrogens with one attached hydrogen (secondary N) is 1. The fourth-order valence-corrected chi connectivity index (χ4v) is 8.67. The van der Waals surface area contributed by atoms with Gasteiger partial charge in [0.25, 0.3) is 0 Å². The first-order valence-corrected chi connectivity index (χ1v) is 14.4. The normalized spacial score (nSPS) is 31.8. The summed E-state index contributed by atoms with van der Waals surface area (Å²) in [6.07, 6.45) is 7.28. The molecule has 0 spiro atoms. The van der Waals surface area contributed by atoms with Crippen LogP contribution in [0.4, 0.5) is 22.7 Å². The number of rotatable bonds is 6. The van der Waals surface area contributed by atoms with E-state index in [1.54, 1.807) is 12.1 Å². The quantitative estimate of drug-likeness (QED) is 0.189. The summed E-state index contributed by atoms with van der Waals surface area (Å²) in [6.45, 7) is 0.223. The molecule has 1 saturated heterocycles. The zero-order valence-electron chi connectivity index (χ0n) is 22.4. The van der Waals surface area contributed by atoms with Gasteiger partial charge in [-0.05, 0) is 101 Å². The van der Waals surface area contributed by atoms with E-state index in [0.717, 1.165) is 36.8 Å². The van der Waals surface area contributed by atoms with E-state index < -0.39 is 9.85 Å². The molecule has 2 aromatic carbocycles. The molecule has 2 aromatic heterocycles. The highest BCUT2D eigenvalue weighted by atomic mass is 16.6. The molecule has 2 N–H and O–H groups in total. The molecule has 4 bridgehead atoms. The number of hydrogen-bond donors (Lipinski definition) is 2. The molecule has 8 atom stereocenters. The second kappa shape index (κ2) is 9.31. The summed E-state index contributed by atoms with van der Waals surface area (Å²) < 4.78 is 9.42. The summed E-state index contributed by atoms with van der Waals surface area (Å²) >= 11 is 0. The number of fused-ring (bicyclic) bond motifs is 9. The molecule has 3 heterocycles. The summed E-state index contributed by atoms with van der Waals surface area (Å²) in [7, 11) is 0. The zero-order valence-corrected chi connectivity index (χ0v) is 22.4. The fourth-order valence-electron chi connectivity index (χ4n) is 8.67. The number of aliphatic hydroxyl groups excluding tert-OH is 1. The maximum atomic E-state index is 11.0. The van der Waals surface area contributed by atoms with Crippen molar-refractivity contribution in [2.24, 2.45) is 29.6 Å². The molecule has 0 radical (unpaired) electrons. The molecule has 4 saturated carbocycles. The van der Waals surface area contributed by atoms with Crippen LogP contribution in [-0.2, 0) is 0 Å². The smallest absolute Gasteiger partial charge is 0.300 e. The van der Waals surface area contributed by atoms with Gasteiger partial charge in [-0.25, -0.2) is 9.26 Å². The van der Waals surface area contributed by atoms with E-state index in [1.165, 1.54) is 31.4 Å². The first-order valence-electron chi connectivity index (χ1n) is 14.4. The highest BCUT2D eigenvalue weighted by molar-refractivity contribution is 5.95. The monoisotopic (exact) mass is 576 g/mol. The minimum atomic E-state index is -0.489. The predicted molar refractivity (Wildman–Crippen MR) is 147 cm³/mol. The molecular formula is C27H28N8O7. The molecule has 0 amide bonds. The van der Waals surface area contributed by atoms with Crippen LogP contribution < -0.4 is 10.2 Å². The third-order valence-electron chi connectivity index (χ3n) is 10.4. The van der Waals surface area contributed by atoms with Gasteiger partial charge in [-0.1, -0.05) is 0 Å². The molecule has 9 rings (SSSR count). The second-order valence-electron chi connectivity index (χ2n) is 12.2. The van der Waals surface area contributed by atoms with Gasteiger partial charge in [-0.15, -0.1) is 0 Å². The molecular weight excluding hydrogens is 548 g/mol. The summed E-state index contributed by atoms with van der Waals surface area (Å²) in [5, 5.41) is 50.0. The van der Waals surface area contributed by atoms with E-state index in [4.69, 9.17) is 4.63 Å². The topological polar surface area (TPSA) is 199 Å². The van der Waals surface area contributed by atoms with E-state index >= 15 is 0 Å². The average Bonchev–Trinajstić information content (AvgIpc) is 3.71. The number of anilines is 2. The van der Waals surface area contributed by atoms with Gasteiger partial charge in [0.15, 0.2) is 11.0 Å². The number of nitro groups is 2. The largest absolute Gasteiger partial charge is 0.396 e. The Hall–Kier alpha value is -4.40. The number of benzene rings is 2. The summed E-state index contributed by atoms with van der Waals surface area (Å²) in [5.41, 5.74) is 2.84. The number of non-ortho nitro benzene ring substituents is 2. The van der Waals surface area contributed by atoms with Crippen molar-refractivity contribution in [2.75, 3.05) is 16.8 Å². The highest BCUT2D eigenvalue weighted by Gasteiger charge is 2.64. The van der Waals surface area contributed by atoms with Crippen molar-refractivity contribution in [1.29, 1.82) is 0 Å². The first-order chi connectivity index (χ1) is 20.4. The number of aromatic nitrogens is 4. The van der Waals surface area contributed by atoms with Crippen LogP contribution in [0.15, 0.2) is 33.5 Å². The Bertz CT molecular complexity index is 1710. The first kappa shape index (κ1) is 25.3. The van der Waals surface area contributed by atoms with Crippen molar-refractivity contribution < 1.29 is 24.2 Å². The lowest BCUT2D eigenvalue weighted by molar-refractivity contribution is -0.383. The van der Waals surface area contributed by atoms with Gasteiger partial charge in [0.1, 0.15) is 0 Å². The lowest BCUT2D eigenvalue weighted by atomic mass is 9.89. The Morgan fingerprint density at radius 1 is 0.810 bits per heavy atom. The predicted octanol–water partition coefficient (Wildman–Crippen LogP) is 4.07. The molecule has 4 aliphatic carbocycles. The van der Waals surface area contributed by atoms with E-state index in [2.05, 4.69) is 35.5 Å². The van der Waals surface area contributed by atoms with Crippen LogP contribution in [0.1, 0.15) is 38.5 Å². The molecule has 218 valence electrons. The number of hydrogen-bond acceptors (Lipinski definition) is 13. The Morgan fingerprint density at radius 2 is 1.40 bits per heavy atom. The van der Waals surface area contributed by atoms with Crippen molar-refractivity contribution >= 4 is 44.8 Å². The third-order valence-corrected chi connectivity index (χ3v) is 10.4. The number of nitro benzene ring substituents is 2. The molecule has 4 aromatic rings.